The van der Waals surface area contributed by atoms with Crippen molar-refractivity contribution < 1.29 is 4.79 Å². The smallest absolute Gasteiger partial charge is 0.250 e. The molecule has 10 heteroatoms. The molecule has 0 aromatic carbocycles. The Morgan fingerprint density at radius 2 is 2.04 bits per heavy atom. The molecule has 1 amide bonds. The SMILES string of the molecule is Cc1cc(N2CCC(Nc3ncnc4c3c(Br)nn4C)C2=O)n(C)n1. The summed E-state index contributed by atoms with van der Waals surface area (Å²) < 4.78 is 4.06. The first kappa shape index (κ1) is 16.0. The second-order valence-corrected chi connectivity index (χ2v) is 6.83. The zero-order valence-electron chi connectivity index (χ0n) is 14.1. The van der Waals surface area contributed by atoms with Crippen LogP contribution in [0.4, 0.5) is 11.6 Å². The van der Waals surface area contributed by atoms with Crippen molar-refractivity contribution in [2.24, 2.45) is 14.1 Å². The first-order valence-electron chi connectivity index (χ1n) is 7.87. The zero-order valence-corrected chi connectivity index (χ0v) is 15.6. The number of nitrogens with one attached hydrogen (secondary N) is 1. The van der Waals surface area contributed by atoms with Crippen LogP contribution in [0.25, 0.3) is 11.0 Å². The highest BCUT2D eigenvalue weighted by Crippen LogP contribution is 2.29. The quantitative estimate of drug-likeness (QED) is 0.708. The summed E-state index contributed by atoms with van der Waals surface area (Å²) in [6.07, 6.45) is 2.16. The van der Waals surface area contributed by atoms with Gasteiger partial charge in [-0.2, -0.15) is 10.2 Å². The van der Waals surface area contributed by atoms with Crippen molar-refractivity contribution in [2.75, 3.05) is 16.8 Å². The highest BCUT2D eigenvalue weighted by atomic mass is 79.9. The lowest BCUT2D eigenvalue weighted by Gasteiger charge is -2.17. The van der Waals surface area contributed by atoms with Gasteiger partial charge in [-0.25, -0.2) is 14.6 Å². The maximum Gasteiger partial charge on any atom is 0.250 e. The van der Waals surface area contributed by atoms with E-state index in [1.165, 1.54) is 6.33 Å². The van der Waals surface area contributed by atoms with Gasteiger partial charge in [-0.3, -0.25) is 14.4 Å². The Morgan fingerprint density at radius 1 is 1.24 bits per heavy atom. The topological polar surface area (TPSA) is 93.8 Å². The van der Waals surface area contributed by atoms with Crippen LogP contribution in [0.15, 0.2) is 17.0 Å². The van der Waals surface area contributed by atoms with Gasteiger partial charge in [-0.05, 0) is 29.3 Å². The molecule has 0 aliphatic carbocycles. The Kier molecular flexibility index (Phi) is 3.71. The molecule has 1 N–H and O–H groups in total. The van der Waals surface area contributed by atoms with E-state index in [0.717, 1.165) is 16.9 Å². The van der Waals surface area contributed by atoms with Crippen LogP contribution in [0.5, 0.6) is 0 Å². The lowest BCUT2D eigenvalue weighted by molar-refractivity contribution is -0.117. The van der Waals surface area contributed by atoms with E-state index < -0.39 is 0 Å². The molecule has 1 aliphatic rings. The summed E-state index contributed by atoms with van der Waals surface area (Å²) in [6, 6.07) is 1.57. The van der Waals surface area contributed by atoms with Gasteiger partial charge in [-0.15, -0.1) is 0 Å². The molecule has 3 aromatic heterocycles. The van der Waals surface area contributed by atoms with E-state index in [-0.39, 0.29) is 11.9 Å². The molecule has 0 spiro atoms. The second-order valence-electron chi connectivity index (χ2n) is 6.08. The van der Waals surface area contributed by atoms with Crippen LogP contribution in [0.1, 0.15) is 12.1 Å². The number of anilines is 2. The first-order valence-corrected chi connectivity index (χ1v) is 8.66. The molecule has 1 saturated heterocycles. The minimum absolute atomic E-state index is 0.00905. The van der Waals surface area contributed by atoms with E-state index in [0.29, 0.717) is 29.0 Å². The van der Waals surface area contributed by atoms with Crippen molar-refractivity contribution >= 4 is 44.5 Å². The van der Waals surface area contributed by atoms with Crippen LogP contribution in [0.2, 0.25) is 0 Å². The molecule has 25 heavy (non-hydrogen) atoms. The summed E-state index contributed by atoms with van der Waals surface area (Å²) in [4.78, 5) is 23.2. The number of hydrogen-bond donors (Lipinski definition) is 1. The highest BCUT2D eigenvalue weighted by molar-refractivity contribution is 9.10. The molecule has 3 aromatic rings. The van der Waals surface area contributed by atoms with Gasteiger partial charge < -0.3 is 5.32 Å². The van der Waals surface area contributed by atoms with E-state index in [2.05, 4.69) is 41.4 Å². The standard InChI is InChI=1S/C15H17BrN8O/c1-8-6-10(22(2)20-8)24-5-4-9(15(24)25)19-13-11-12(16)21-23(3)14(11)18-7-17-13/h6-7,9H,4-5H2,1-3H3,(H,17,18,19). The normalized spacial score (nSPS) is 17.7. The van der Waals surface area contributed by atoms with Crippen LogP contribution >= 0.6 is 15.9 Å². The Balaban J connectivity index is 1.63. The molecule has 9 nitrogen and oxygen atoms in total. The van der Waals surface area contributed by atoms with E-state index in [9.17, 15) is 4.79 Å². The van der Waals surface area contributed by atoms with Gasteiger partial charge in [0, 0.05) is 26.7 Å². The Bertz CT molecular complexity index is 977. The summed E-state index contributed by atoms with van der Waals surface area (Å²) in [7, 11) is 3.66. The highest BCUT2D eigenvalue weighted by Gasteiger charge is 2.34. The fraction of sp³-hybridized carbons (Fsp3) is 0.400. The largest absolute Gasteiger partial charge is 0.358 e. The molecule has 1 unspecified atom stereocenters. The van der Waals surface area contributed by atoms with E-state index in [1.807, 2.05) is 27.1 Å². The lowest BCUT2D eigenvalue weighted by Crippen LogP contribution is -2.34. The van der Waals surface area contributed by atoms with E-state index in [4.69, 9.17) is 0 Å². The number of nitrogens with zero attached hydrogens (tertiary/aromatic N) is 7. The number of fused-ring (bicyclic) bond motifs is 1. The molecular weight excluding hydrogens is 388 g/mol. The van der Waals surface area contributed by atoms with Crippen molar-refractivity contribution in [3.05, 3.63) is 22.7 Å². The lowest BCUT2D eigenvalue weighted by atomic mass is 10.2. The maximum absolute atomic E-state index is 12.8. The van der Waals surface area contributed by atoms with Crippen molar-refractivity contribution in [3.8, 4) is 0 Å². The summed E-state index contributed by atoms with van der Waals surface area (Å²) in [5, 5.41) is 12.7. The number of carbonyl (C=O) groups is 1. The average Bonchev–Trinajstić information content (AvgIpc) is 3.18. The van der Waals surface area contributed by atoms with Crippen LogP contribution in [-0.4, -0.2) is 48.0 Å². The van der Waals surface area contributed by atoms with Gasteiger partial charge in [0.1, 0.15) is 28.6 Å². The van der Waals surface area contributed by atoms with E-state index >= 15 is 0 Å². The summed E-state index contributed by atoms with van der Waals surface area (Å²) in [5.41, 5.74) is 1.59. The maximum atomic E-state index is 12.8. The molecule has 4 heterocycles. The summed E-state index contributed by atoms with van der Waals surface area (Å²) in [5.74, 6) is 1.42. The Hall–Kier alpha value is -2.49. The minimum atomic E-state index is -0.347. The molecule has 1 fully saturated rings. The number of aryl methyl sites for hydroxylation is 3. The van der Waals surface area contributed by atoms with Gasteiger partial charge in [0.15, 0.2) is 5.65 Å². The minimum Gasteiger partial charge on any atom is -0.358 e. The number of rotatable bonds is 3. The molecule has 4 rings (SSSR count). The molecule has 0 bridgehead atoms. The van der Waals surface area contributed by atoms with Crippen molar-refractivity contribution in [3.63, 3.8) is 0 Å². The fourth-order valence-electron chi connectivity index (χ4n) is 3.21. The van der Waals surface area contributed by atoms with Crippen molar-refractivity contribution in [2.45, 2.75) is 19.4 Å². The van der Waals surface area contributed by atoms with Crippen LogP contribution in [0, 0.1) is 6.92 Å². The Labute approximate surface area is 152 Å². The third-order valence-corrected chi connectivity index (χ3v) is 4.90. The number of hydrogen-bond acceptors (Lipinski definition) is 6. The third kappa shape index (κ3) is 2.56. The predicted molar refractivity (Wildman–Crippen MR) is 96.3 cm³/mol. The average molecular weight is 405 g/mol. The summed E-state index contributed by atoms with van der Waals surface area (Å²) >= 11 is 3.44. The monoisotopic (exact) mass is 404 g/mol. The molecule has 1 atom stereocenters. The number of carbonyl (C=O) groups excluding carboxylic acids is 1. The van der Waals surface area contributed by atoms with Crippen LogP contribution in [0.3, 0.4) is 0 Å². The van der Waals surface area contributed by atoms with Gasteiger partial charge in [0.05, 0.1) is 11.1 Å². The fourth-order valence-corrected chi connectivity index (χ4v) is 3.81. The van der Waals surface area contributed by atoms with Crippen LogP contribution < -0.4 is 10.2 Å². The third-order valence-electron chi connectivity index (χ3n) is 4.35. The number of aromatic nitrogens is 6. The van der Waals surface area contributed by atoms with Gasteiger partial charge in [-0.1, -0.05) is 0 Å². The summed E-state index contributed by atoms with van der Waals surface area (Å²) in [6.45, 7) is 2.55. The van der Waals surface area contributed by atoms with Gasteiger partial charge in [0.25, 0.3) is 5.91 Å². The van der Waals surface area contributed by atoms with Crippen LogP contribution in [-0.2, 0) is 18.9 Å². The number of halogens is 1. The number of amides is 1. The molecule has 130 valence electrons. The van der Waals surface area contributed by atoms with Gasteiger partial charge in [0.2, 0.25) is 0 Å². The van der Waals surface area contributed by atoms with E-state index in [1.54, 1.807) is 14.3 Å². The zero-order chi connectivity index (χ0) is 17.7. The van der Waals surface area contributed by atoms with Gasteiger partial charge >= 0.3 is 0 Å². The molecule has 0 radical (unpaired) electrons. The predicted octanol–water partition coefficient (Wildman–Crippen LogP) is 1.39. The molecule has 0 saturated carbocycles. The first-order chi connectivity index (χ1) is 12.0. The van der Waals surface area contributed by atoms with Crippen molar-refractivity contribution in [1.82, 2.24) is 29.5 Å². The van der Waals surface area contributed by atoms with Crippen molar-refractivity contribution in [1.29, 1.82) is 0 Å². The molecule has 1 aliphatic heterocycles. The second kappa shape index (κ2) is 5.80. The Morgan fingerprint density at radius 3 is 2.76 bits per heavy atom. The molecular formula is C15H17BrN8O.